The van der Waals surface area contributed by atoms with E-state index in [0.717, 1.165) is 30.3 Å². The van der Waals surface area contributed by atoms with Crippen molar-refractivity contribution in [1.82, 2.24) is 0 Å². The van der Waals surface area contributed by atoms with Crippen LogP contribution in [0.2, 0.25) is 0 Å². The van der Waals surface area contributed by atoms with Gasteiger partial charge < -0.3 is 9.47 Å². The average Bonchev–Trinajstić information content (AvgIpc) is 3.03. The van der Waals surface area contributed by atoms with Crippen LogP contribution in [-0.2, 0) is 14.3 Å². The molecule has 0 radical (unpaired) electrons. The zero-order valence-corrected chi connectivity index (χ0v) is 16.6. The molecule has 0 spiro atoms. The van der Waals surface area contributed by atoms with E-state index >= 15 is 0 Å². The summed E-state index contributed by atoms with van der Waals surface area (Å²) in [5.74, 6) is 3.83. The van der Waals surface area contributed by atoms with Crippen molar-refractivity contribution in [1.29, 1.82) is 0 Å². The van der Waals surface area contributed by atoms with Crippen molar-refractivity contribution in [3.05, 3.63) is 0 Å². The molecule has 2 unspecified atom stereocenters. The van der Waals surface area contributed by atoms with Crippen LogP contribution in [0, 0.1) is 40.4 Å². The highest BCUT2D eigenvalue weighted by Gasteiger charge is 2.60. The molecule has 4 rings (SSSR count). The summed E-state index contributed by atoms with van der Waals surface area (Å²) in [6.07, 6.45) is 9.57. The lowest BCUT2D eigenvalue weighted by atomic mass is 9.42. The van der Waals surface area contributed by atoms with Crippen LogP contribution in [0.25, 0.3) is 0 Å². The number of carbonyl (C=O) groups is 1. The first-order valence-corrected chi connectivity index (χ1v) is 10.6. The number of hydrogen-bond acceptors (Lipinski definition) is 3. The van der Waals surface area contributed by atoms with Crippen LogP contribution in [0.3, 0.4) is 0 Å². The summed E-state index contributed by atoms with van der Waals surface area (Å²) >= 11 is 0. The molecular weight excluding hydrogens is 312 g/mol. The Labute approximate surface area is 153 Å². The average molecular weight is 349 g/mol. The molecule has 1 heterocycles. The summed E-state index contributed by atoms with van der Waals surface area (Å²) in [4.78, 5) is 11.4. The summed E-state index contributed by atoms with van der Waals surface area (Å²) < 4.78 is 11.7. The largest absolute Gasteiger partial charge is 0.465 e. The highest BCUT2D eigenvalue weighted by Crippen LogP contribution is 2.65. The first-order chi connectivity index (χ1) is 11.8. The quantitative estimate of drug-likeness (QED) is 0.670. The molecule has 25 heavy (non-hydrogen) atoms. The van der Waals surface area contributed by atoms with Crippen molar-refractivity contribution >= 4 is 5.97 Å². The van der Waals surface area contributed by atoms with Gasteiger partial charge in [0.1, 0.15) is 0 Å². The summed E-state index contributed by atoms with van der Waals surface area (Å²) in [7, 11) is 0. The molecule has 0 amide bonds. The molecule has 0 N–H and O–H groups in total. The molecule has 8 atom stereocenters. The Balaban J connectivity index is 1.60. The first-order valence-electron chi connectivity index (χ1n) is 10.6. The minimum Gasteiger partial charge on any atom is -0.465 e. The number of ether oxygens (including phenoxy) is 2. The molecule has 0 aromatic rings. The minimum absolute atomic E-state index is 0.129. The van der Waals surface area contributed by atoms with Crippen LogP contribution < -0.4 is 0 Å². The predicted molar refractivity (Wildman–Crippen MR) is 98.0 cm³/mol. The monoisotopic (exact) mass is 348 g/mol. The Morgan fingerprint density at radius 2 is 1.96 bits per heavy atom. The third-order valence-corrected chi connectivity index (χ3v) is 8.96. The fourth-order valence-corrected chi connectivity index (χ4v) is 7.78. The number of fused-ring (bicyclic) bond motifs is 4. The van der Waals surface area contributed by atoms with Crippen LogP contribution in [0.1, 0.15) is 72.6 Å². The van der Waals surface area contributed by atoms with Crippen molar-refractivity contribution in [2.45, 2.75) is 78.7 Å². The van der Waals surface area contributed by atoms with Gasteiger partial charge in [0.05, 0.1) is 12.7 Å². The molecule has 142 valence electrons. The third-order valence-electron chi connectivity index (χ3n) is 8.96. The van der Waals surface area contributed by atoms with Gasteiger partial charge in [-0.15, -0.1) is 0 Å². The van der Waals surface area contributed by atoms with Crippen LogP contribution in [0.5, 0.6) is 0 Å². The van der Waals surface area contributed by atoms with Gasteiger partial charge in [0.25, 0.3) is 0 Å². The Bertz CT molecular complexity index is 531. The number of hydrogen-bond donors (Lipinski definition) is 0. The molecule has 4 aliphatic rings. The number of esters is 1. The Hall–Kier alpha value is -0.570. The fraction of sp³-hybridized carbons (Fsp3) is 0.955. The molecule has 4 fully saturated rings. The molecule has 3 saturated carbocycles. The van der Waals surface area contributed by atoms with Gasteiger partial charge in [-0.1, -0.05) is 27.2 Å². The summed E-state index contributed by atoms with van der Waals surface area (Å²) in [5, 5.41) is 0. The maximum absolute atomic E-state index is 11.4. The maximum atomic E-state index is 11.4. The SMILES string of the molecule is CC(=O)OC[C@]1(C)CCC[C@]2(C)[C@H]3CC4OCCC4[C@H](C)[C@@H]3CC[C@@H]12. The van der Waals surface area contributed by atoms with Gasteiger partial charge in [0, 0.05) is 18.9 Å². The van der Waals surface area contributed by atoms with Crippen LogP contribution in [0.15, 0.2) is 0 Å². The van der Waals surface area contributed by atoms with Gasteiger partial charge >= 0.3 is 5.97 Å². The molecule has 1 saturated heterocycles. The lowest BCUT2D eigenvalue weighted by molar-refractivity contribution is -0.172. The Kier molecular flexibility index (Phi) is 4.46. The van der Waals surface area contributed by atoms with Gasteiger partial charge in [0.15, 0.2) is 0 Å². The number of rotatable bonds is 2. The first kappa shape index (κ1) is 17.8. The fourth-order valence-electron chi connectivity index (χ4n) is 7.78. The second kappa shape index (κ2) is 6.25. The molecule has 3 nitrogen and oxygen atoms in total. The van der Waals surface area contributed by atoms with Gasteiger partial charge in [-0.25, -0.2) is 0 Å². The summed E-state index contributed by atoms with van der Waals surface area (Å²) in [6.45, 7) is 10.6. The van der Waals surface area contributed by atoms with E-state index in [2.05, 4.69) is 20.8 Å². The highest BCUT2D eigenvalue weighted by molar-refractivity contribution is 5.65. The normalized spacial score (nSPS) is 52.0. The molecule has 3 heteroatoms. The van der Waals surface area contributed by atoms with E-state index in [9.17, 15) is 4.79 Å². The zero-order valence-electron chi connectivity index (χ0n) is 16.6. The van der Waals surface area contributed by atoms with Gasteiger partial charge in [0.2, 0.25) is 0 Å². The van der Waals surface area contributed by atoms with Crippen molar-refractivity contribution < 1.29 is 14.3 Å². The predicted octanol–water partition coefficient (Wildman–Crippen LogP) is 4.83. The number of carbonyl (C=O) groups excluding carboxylic acids is 1. The second-order valence-electron chi connectivity index (χ2n) is 10.2. The molecule has 1 aliphatic heterocycles. The van der Waals surface area contributed by atoms with Crippen LogP contribution in [0.4, 0.5) is 0 Å². The topological polar surface area (TPSA) is 35.5 Å². The van der Waals surface area contributed by atoms with Crippen molar-refractivity contribution in [2.75, 3.05) is 13.2 Å². The molecule has 0 bridgehead atoms. The Morgan fingerprint density at radius 1 is 1.16 bits per heavy atom. The molecule has 0 aromatic heterocycles. The van der Waals surface area contributed by atoms with E-state index < -0.39 is 0 Å². The Morgan fingerprint density at radius 3 is 2.72 bits per heavy atom. The van der Waals surface area contributed by atoms with E-state index in [0.29, 0.717) is 24.0 Å². The van der Waals surface area contributed by atoms with Crippen LogP contribution >= 0.6 is 0 Å². The van der Waals surface area contributed by atoms with E-state index in [1.165, 1.54) is 44.9 Å². The highest BCUT2D eigenvalue weighted by atomic mass is 16.5. The molecular formula is C22H36O3. The van der Waals surface area contributed by atoms with Crippen molar-refractivity contribution in [3.63, 3.8) is 0 Å². The van der Waals surface area contributed by atoms with Gasteiger partial charge in [-0.3, -0.25) is 4.79 Å². The second-order valence-corrected chi connectivity index (χ2v) is 10.2. The van der Waals surface area contributed by atoms with Crippen molar-refractivity contribution in [3.8, 4) is 0 Å². The zero-order chi connectivity index (χ0) is 17.8. The van der Waals surface area contributed by atoms with Crippen LogP contribution in [-0.4, -0.2) is 25.3 Å². The van der Waals surface area contributed by atoms with E-state index in [-0.39, 0.29) is 11.4 Å². The molecule has 0 aromatic carbocycles. The van der Waals surface area contributed by atoms with Gasteiger partial charge in [-0.05, 0) is 73.5 Å². The van der Waals surface area contributed by atoms with E-state index in [1.807, 2.05) is 0 Å². The summed E-state index contributed by atoms with van der Waals surface area (Å²) in [6, 6.07) is 0. The lowest BCUT2D eigenvalue weighted by Gasteiger charge is -2.63. The van der Waals surface area contributed by atoms with E-state index in [4.69, 9.17) is 9.47 Å². The smallest absolute Gasteiger partial charge is 0.302 e. The lowest BCUT2D eigenvalue weighted by Crippen LogP contribution is -2.57. The summed E-state index contributed by atoms with van der Waals surface area (Å²) in [5.41, 5.74) is 0.543. The van der Waals surface area contributed by atoms with Crippen molar-refractivity contribution in [2.24, 2.45) is 40.4 Å². The third kappa shape index (κ3) is 2.76. The maximum Gasteiger partial charge on any atom is 0.302 e. The van der Waals surface area contributed by atoms with E-state index in [1.54, 1.807) is 6.92 Å². The van der Waals surface area contributed by atoms with Gasteiger partial charge in [-0.2, -0.15) is 0 Å². The minimum atomic E-state index is -0.129. The molecule has 3 aliphatic carbocycles. The standard InChI is InChI=1S/C22H36O3/c1-14-16-6-7-20-21(3,13-25-15(2)23)9-5-10-22(20,4)18(16)12-19-17(14)8-11-24-19/h14,16-20H,5-13H2,1-4H3/t14-,16+,17?,18+,19?,20+,21+,22-/m1/s1.